The van der Waals surface area contributed by atoms with Gasteiger partial charge in [0.05, 0.1) is 0 Å². The van der Waals surface area contributed by atoms with Gasteiger partial charge in [-0.05, 0) is 38.0 Å². The lowest BCUT2D eigenvalue weighted by molar-refractivity contribution is -0.128. The van der Waals surface area contributed by atoms with E-state index in [1.807, 2.05) is 0 Å². The number of rotatable bonds is 5. The minimum atomic E-state index is -0.589. The van der Waals surface area contributed by atoms with Crippen molar-refractivity contribution in [1.82, 2.24) is 5.32 Å². The molecule has 0 radical (unpaired) electrons. The van der Waals surface area contributed by atoms with E-state index in [1.165, 1.54) is 0 Å². The normalized spacial score (nSPS) is 23.4. The minimum Gasteiger partial charge on any atom is -0.481 e. The molecule has 1 aromatic rings. The van der Waals surface area contributed by atoms with Gasteiger partial charge in [0, 0.05) is 23.6 Å². The first kappa shape index (κ1) is 15.1. The van der Waals surface area contributed by atoms with E-state index in [-0.39, 0.29) is 24.5 Å². The van der Waals surface area contributed by atoms with Gasteiger partial charge in [-0.2, -0.15) is 0 Å². The Morgan fingerprint density at radius 2 is 2.35 bits per heavy atom. The maximum atomic E-state index is 12.1. The number of ether oxygens (including phenoxy) is 1. The summed E-state index contributed by atoms with van der Waals surface area (Å²) in [6.45, 7) is 1.83. The van der Waals surface area contributed by atoms with Crippen LogP contribution in [0.1, 0.15) is 26.2 Å². The van der Waals surface area contributed by atoms with Crippen molar-refractivity contribution < 1.29 is 14.6 Å². The number of hydrogen-bond donors (Lipinski definition) is 2. The molecule has 20 heavy (non-hydrogen) atoms. The third-order valence-electron chi connectivity index (χ3n) is 3.70. The van der Waals surface area contributed by atoms with Gasteiger partial charge in [0.25, 0.3) is 5.91 Å². The highest BCUT2D eigenvalue weighted by Gasteiger charge is 2.29. The Hall–Kier alpha value is -1.26. The molecule has 0 heterocycles. The Balaban J connectivity index is 1.89. The van der Waals surface area contributed by atoms with Crippen LogP contribution in [0.5, 0.6) is 5.75 Å². The van der Waals surface area contributed by atoms with Crippen LogP contribution in [0.15, 0.2) is 24.3 Å². The van der Waals surface area contributed by atoms with E-state index in [0.717, 1.165) is 19.3 Å². The molecule has 5 heteroatoms. The van der Waals surface area contributed by atoms with Crippen LogP contribution in [-0.4, -0.2) is 29.8 Å². The van der Waals surface area contributed by atoms with E-state index in [4.69, 9.17) is 16.3 Å². The standard InChI is InChI=1S/C15H20ClNO3/c1-10(20-13-6-3-5-12(16)8-13)15(19)17-14-7-2-4-11(14)9-18/h3,5-6,8,10-11,14,18H,2,4,7,9H2,1H3,(H,17,19). The molecule has 1 saturated carbocycles. The van der Waals surface area contributed by atoms with Crippen molar-refractivity contribution in [3.8, 4) is 5.75 Å². The predicted octanol–water partition coefficient (Wildman–Crippen LogP) is 2.38. The lowest BCUT2D eigenvalue weighted by Gasteiger charge is -2.22. The summed E-state index contributed by atoms with van der Waals surface area (Å²) in [7, 11) is 0. The molecule has 1 aliphatic carbocycles. The van der Waals surface area contributed by atoms with Crippen LogP contribution >= 0.6 is 11.6 Å². The summed E-state index contributed by atoms with van der Waals surface area (Å²) >= 11 is 5.87. The largest absolute Gasteiger partial charge is 0.481 e. The van der Waals surface area contributed by atoms with E-state index < -0.39 is 6.10 Å². The molecule has 0 aliphatic heterocycles. The number of hydrogen-bond acceptors (Lipinski definition) is 3. The minimum absolute atomic E-state index is 0.0536. The number of carbonyl (C=O) groups is 1. The van der Waals surface area contributed by atoms with Crippen molar-refractivity contribution in [2.45, 2.75) is 38.3 Å². The lowest BCUT2D eigenvalue weighted by atomic mass is 10.0. The van der Waals surface area contributed by atoms with E-state index >= 15 is 0 Å². The second-order valence-corrected chi connectivity index (χ2v) is 5.64. The number of aliphatic hydroxyl groups excluding tert-OH is 1. The number of benzene rings is 1. The molecule has 110 valence electrons. The highest BCUT2D eigenvalue weighted by Crippen LogP contribution is 2.25. The Labute approximate surface area is 124 Å². The Morgan fingerprint density at radius 3 is 3.05 bits per heavy atom. The number of amides is 1. The highest BCUT2D eigenvalue weighted by molar-refractivity contribution is 6.30. The molecule has 2 N–H and O–H groups in total. The number of carbonyl (C=O) groups excluding carboxylic acids is 1. The first-order valence-corrected chi connectivity index (χ1v) is 7.31. The number of nitrogens with one attached hydrogen (secondary N) is 1. The highest BCUT2D eigenvalue weighted by atomic mass is 35.5. The average Bonchev–Trinajstić information content (AvgIpc) is 2.85. The van der Waals surface area contributed by atoms with E-state index in [1.54, 1.807) is 31.2 Å². The Kier molecular flexibility index (Phi) is 5.26. The molecule has 4 nitrogen and oxygen atoms in total. The number of aliphatic hydroxyl groups is 1. The van der Waals surface area contributed by atoms with Crippen LogP contribution < -0.4 is 10.1 Å². The second kappa shape index (κ2) is 6.95. The molecule has 1 aliphatic rings. The molecule has 0 bridgehead atoms. The molecular weight excluding hydrogens is 278 g/mol. The summed E-state index contributed by atoms with van der Waals surface area (Å²) in [6.07, 6.45) is 2.33. The summed E-state index contributed by atoms with van der Waals surface area (Å²) in [4.78, 5) is 12.1. The topological polar surface area (TPSA) is 58.6 Å². The van der Waals surface area contributed by atoms with Crippen molar-refractivity contribution in [1.29, 1.82) is 0 Å². The zero-order chi connectivity index (χ0) is 14.5. The molecule has 2 rings (SSSR count). The van der Waals surface area contributed by atoms with Crippen molar-refractivity contribution in [2.75, 3.05) is 6.61 Å². The molecule has 1 fully saturated rings. The van der Waals surface area contributed by atoms with Crippen molar-refractivity contribution in [2.24, 2.45) is 5.92 Å². The summed E-state index contributed by atoms with van der Waals surface area (Å²) in [5, 5.41) is 12.8. The Bertz CT molecular complexity index is 466. The predicted molar refractivity (Wildman–Crippen MR) is 77.9 cm³/mol. The van der Waals surface area contributed by atoms with Crippen LogP contribution in [0.3, 0.4) is 0 Å². The molecule has 1 aromatic carbocycles. The van der Waals surface area contributed by atoms with Crippen molar-refractivity contribution in [3.63, 3.8) is 0 Å². The molecule has 0 saturated heterocycles. The van der Waals surface area contributed by atoms with Crippen LogP contribution in [0.2, 0.25) is 5.02 Å². The van der Waals surface area contributed by atoms with Gasteiger partial charge in [0.15, 0.2) is 6.10 Å². The van der Waals surface area contributed by atoms with Gasteiger partial charge in [-0.25, -0.2) is 0 Å². The van der Waals surface area contributed by atoms with E-state index in [9.17, 15) is 9.90 Å². The van der Waals surface area contributed by atoms with E-state index in [0.29, 0.717) is 10.8 Å². The van der Waals surface area contributed by atoms with Gasteiger partial charge >= 0.3 is 0 Å². The maximum Gasteiger partial charge on any atom is 0.261 e. The summed E-state index contributed by atoms with van der Waals surface area (Å²) in [5.41, 5.74) is 0. The first-order chi connectivity index (χ1) is 9.60. The molecule has 3 atom stereocenters. The van der Waals surface area contributed by atoms with Crippen LogP contribution in [-0.2, 0) is 4.79 Å². The third-order valence-corrected chi connectivity index (χ3v) is 3.93. The number of halogens is 1. The van der Waals surface area contributed by atoms with Gasteiger partial charge in [0.2, 0.25) is 0 Å². The summed E-state index contributed by atoms with van der Waals surface area (Å²) in [5.74, 6) is 0.581. The molecular formula is C15H20ClNO3. The molecule has 0 spiro atoms. The van der Waals surface area contributed by atoms with Gasteiger partial charge in [-0.15, -0.1) is 0 Å². The van der Waals surface area contributed by atoms with Crippen molar-refractivity contribution in [3.05, 3.63) is 29.3 Å². The van der Waals surface area contributed by atoms with Gasteiger partial charge in [-0.3, -0.25) is 4.79 Å². The monoisotopic (exact) mass is 297 g/mol. The maximum absolute atomic E-state index is 12.1. The van der Waals surface area contributed by atoms with Crippen LogP contribution in [0.25, 0.3) is 0 Å². The van der Waals surface area contributed by atoms with Gasteiger partial charge in [0.1, 0.15) is 5.75 Å². The van der Waals surface area contributed by atoms with Gasteiger partial charge in [-0.1, -0.05) is 24.1 Å². The fraction of sp³-hybridized carbons (Fsp3) is 0.533. The van der Waals surface area contributed by atoms with Gasteiger partial charge < -0.3 is 15.2 Å². The fourth-order valence-corrected chi connectivity index (χ4v) is 2.72. The Morgan fingerprint density at radius 1 is 1.55 bits per heavy atom. The summed E-state index contributed by atoms with van der Waals surface area (Å²) in [6, 6.07) is 7.03. The second-order valence-electron chi connectivity index (χ2n) is 5.21. The average molecular weight is 298 g/mol. The van der Waals surface area contributed by atoms with Crippen LogP contribution in [0.4, 0.5) is 0 Å². The summed E-state index contributed by atoms with van der Waals surface area (Å²) < 4.78 is 5.58. The SMILES string of the molecule is CC(Oc1cccc(Cl)c1)C(=O)NC1CCCC1CO. The third kappa shape index (κ3) is 3.87. The molecule has 3 unspecified atom stereocenters. The zero-order valence-corrected chi connectivity index (χ0v) is 12.3. The van der Waals surface area contributed by atoms with Crippen LogP contribution in [0, 0.1) is 5.92 Å². The first-order valence-electron chi connectivity index (χ1n) is 6.93. The molecule has 0 aromatic heterocycles. The van der Waals surface area contributed by atoms with Crippen molar-refractivity contribution >= 4 is 17.5 Å². The zero-order valence-electron chi connectivity index (χ0n) is 11.5. The smallest absolute Gasteiger partial charge is 0.261 e. The quantitative estimate of drug-likeness (QED) is 0.877. The lowest BCUT2D eigenvalue weighted by Crippen LogP contribution is -2.44. The van der Waals surface area contributed by atoms with E-state index in [2.05, 4.69) is 5.32 Å². The fourth-order valence-electron chi connectivity index (χ4n) is 2.54. The molecule has 1 amide bonds.